The van der Waals surface area contributed by atoms with Crippen LogP contribution in [0.25, 0.3) is 0 Å². The van der Waals surface area contributed by atoms with E-state index in [4.69, 9.17) is 52.1 Å². The first-order valence-corrected chi connectivity index (χ1v) is 13.7. The van der Waals surface area contributed by atoms with Gasteiger partial charge in [-0.15, -0.1) is 0 Å². The largest absolute Gasteiger partial charge is 0.334 e. The average molecular weight is 602 g/mol. The fraction of sp³-hybridized carbons (Fsp3) is 0.400. The smallest absolute Gasteiger partial charge is 0.322 e. The van der Waals surface area contributed by atoms with Gasteiger partial charge in [-0.3, -0.25) is 4.79 Å². The van der Waals surface area contributed by atoms with Crippen molar-refractivity contribution in [2.45, 2.75) is 43.8 Å². The highest BCUT2D eigenvalue weighted by Gasteiger charge is 2.47. The number of piperazine rings is 1. The molecule has 2 aromatic rings. The van der Waals surface area contributed by atoms with Crippen molar-refractivity contribution in [3.05, 3.63) is 56.5 Å². The molecule has 2 aliphatic rings. The van der Waals surface area contributed by atoms with E-state index in [0.29, 0.717) is 70.4 Å². The van der Waals surface area contributed by atoms with E-state index < -0.39 is 18.1 Å². The second-order valence-corrected chi connectivity index (χ2v) is 10.9. The molecule has 0 spiro atoms. The molecule has 2 saturated heterocycles. The summed E-state index contributed by atoms with van der Waals surface area (Å²) in [7, 11) is 0. The van der Waals surface area contributed by atoms with Gasteiger partial charge in [-0.1, -0.05) is 46.4 Å². The molecule has 2 aliphatic heterocycles. The highest BCUT2D eigenvalue weighted by atomic mass is 35.5. The van der Waals surface area contributed by atoms with Gasteiger partial charge in [-0.05, 0) is 68.6 Å². The summed E-state index contributed by atoms with van der Waals surface area (Å²) >= 11 is 24.0. The summed E-state index contributed by atoms with van der Waals surface area (Å²) < 4.78 is 0. The van der Waals surface area contributed by atoms with Crippen molar-refractivity contribution in [2.75, 3.05) is 30.3 Å². The van der Waals surface area contributed by atoms with Crippen LogP contribution in [-0.2, 0) is 4.79 Å². The van der Waals surface area contributed by atoms with E-state index in [1.165, 1.54) is 0 Å². The zero-order valence-electron chi connectivity index (χ0n) is 20.4. The molecule has 5 amide bonds. The first-order chi connectivity index (χ1) is 18.2. The van der Waals surface area contributed by atoms with Gasteiger partial charge in [-0.2, -0.15) is 0 Å². The standard InChI is InChI=1S/C25H28Cl4N6O3/c26-18-6-4-14(10-20(18)28)31-24(37)32-16-9-17-13-35(22(3-1-2-8-30)23(36)34(17)12-16)25(38)33-15-5-7-19(27)21(29)11-15/h4-7,10-11,16-17,22H,1-3,8-9,12-13,30H2,(H,33,38)(H2,31,32,37)/t16-,17+,22+/m0/s1. The number of carbonyl (C=O) groups is 3. The van der Waals surface area contributed by atoms with Crippen LogP contribution in [0.4, 0.5) is 21.0 Å². The van der Waals surface area contributed by atoms with Gasteiger partial charge in [0.15, 0.2) is 0 Å². The number of hydrogen-bond donors (Lipinski definition) is 4. The van der Waals surface area contributed by atoms with Crippen molar-refractivity contribution in [3.63, 3.8) is 0 Å². The van der Waals surface area contributed by atoms with Crippen molar-refractivity contribution < 1.29 is 14.4 Å². The van der Waals surface area contributed by atoms with E-state index in [0.717, 1.165) is 6.42 Å². The molecule has 13 heteroatoms. The Morgan fingerprint density at radius 1 is 0.895 bits per heavy atom. The van der Waals surface area contributed by atoms with Crippen molar-refractivity contribution in [3.8, 4) is 0 Å². The summed E-state index contributed by atoms with van der Waals surface area (Å²) in [6, 6.07) is 7.63. The van der Waals surface area contributed by atoms with E-state index in [9.17, 15) is 14.4 Å². The Balaban J connectivity index is 1.43. The van der Waals surface area contributed by atoms with Crippen LogP contribution in [-0.4, -0.2) is 65.5 Å². The number of fused-ring (bicyclic) bond motifs is 1. The number of anilines is 2. The molecule has 3 atom stereocenters. The third-order valence-electron chi connectivity index (χ3n) is 6.64. The van der Waals surface area contributed by atoms with Crippen molar-refractivity contribution in [1.29, 1.82) is 0 Å². The van der Waals surface area contributed by atoms with Gasteiger partial charge in [0.05, 0.1) is 32.2 Å². The molecule has 0 radical (unpaired) electrons. The number of rotatable bonds is 7. The van der Waals surface area contributed by atoms with Crippen LogP contribution >= 0.6 is 46.4 Å². The molecule has 0 unspecified atom stereocenters. The maximum absolute atomic E-state index is 13.5. The third kappa shape index (κ3) is 6.76. The van der Waals surface area contributed by atoms with Gasteiger partial charge in [0.1, 0.15) is 6.04 Å². The number of nitrogens with two attached hydrogens (primary N) is 1. The second-order valence-electron chi connectivity index (χ2n) is 9.32. The molecule has 38 heavy (non-hydrogen) atoms. The summed E-state index contributed by atoms with van der Waals surface area (Å²) in [5, 5.41) is 9.88. The van der Waals surface area contributed by atoms with Crippen LogP contribution in [0.2, 0.25) is 20.1 Å². The first kappa shape index (κ1) is 28.6. The maximum Gasteiger partial charge on any atom is 0.322 e. The van der Waals surface area contributed by atoms with Gasteiger partial charge in [-0.25, -0.2) is 9.59 Å². The Morgan fingerprint density at radius 2 is 1.53 bits per heavy atom. The predicted octanol–water partition coefficient (Wildman–Crippen LogP) is 5.44. The molecular formula is C25H28Cl4N6O3. The fourth-order valence-corrected chi connectivity index (χ4v) is 5.42. The highest BCUT2D eigenvalue weighted by Crippen LogP contribution is 2.30. The SMILES string of the molecule is NCCCC[C@@H]1C(=O)N2C[C@@H](NC(=O)Nc3ccc(Cl)c(Cl)c3)C[C@@H]2CN1C(=O)Nc1ccc(Cl)c(Cl)c1. The number of unbranched alkanes of at least 4 members (excludes halogenated alkanes) is 1. The number of halogens is 4. The zero-order valence-corrected chi connectivity index (χ0v) is 23.4. The summed E-state index contributed by atoms with van der Waals surface area (Å²) in [6.07, 6.45) is 2.45. The Hall–Kier alpha value is -2.43. The Labute approximate surface area is 240 Å². The van der Waals surface area contributed by atoms with Gasteiger partial charge in [0.25, 0.3) is 0 Å². The molecule has 0 bridgehead atoms. The number of nitrogens with zero attached hydrogens (tertiary/aromatic N) is 2. The minimum Gasteiger partial charge on any atom is -0.334 e. The minimum absolute atomic E-state index is 0.142. The van der Waals surface area contributed by atoms with Crippen LogP contribution in [0.5, 0.6) is 0 Å². The molecule has 2 heterocycles. The number of nitrogens with one attached hydrogen (secondary N) is 3. The number of amides is 5. The Morgan fingerprint density at radius 3 is 2.13 bits per heavy atom. The molecule has 204 valence electrons. The Kier molecular flexibility index (Phi) is 9.49. The summed E-state index contributed by atoms with van der Waals surface area (Å²) in [5.41, 5.74) is 6.62. The van der Waals surface area contributed by atoms with Crippen LogP contribution < -0.4 is 21.7 Å². The Bertz CT molecular complexity index is 1220. The molecule has 5 N–H and O–H groups in total. The third-order valence-corrected chi connectivity index (χ3v) is 8.12. The zero-order chi connectivity index (χ0) is 27.4. The van der Waals surface area contributed by atoms with Crippen molar-refractivity contribution >= 4 is 75.7 Å². The quantitative estimate of drug-likeness (QED) is 0.316. The van der Waals surface area contributed by atoms with E-state index >= 15 is 0 Å². The van der Waals surface area contributed by atoms with E-state index in [1.54, 1.807) is 46.2 Å². The topological polar surface area (TPSA) is 120 Å². The number of urea groups is 2. The van der Waals surface area contributed by atoms with Gasteiger partial charge < -0.3 is 31.5 Å². The van der Waals surface area contributed by atoms with Gasteiger partial charge in [0.2, 0.25) is 5.91 Å². The van der Waals surface area contributed by atoms with E-state index in [1.807, 2.05) is 0 Å². The molecule has 4 rings (SSSR count). The lowest BCUT2D eigenvalue weighted by atomic mass is 10.0. The van der Waals surface area contributed by atoms with Crippen LogP contribution in [0.1, 0.15) is 25.7 Å². The van der Waals surface area contributed by atoms with Gasteiger partial charge in [0, 0.05) is 24.5 Å². The van der Waals surface area contributed by atoms with Crippen LogP contribution in [0, 0.1) is 0 Å². The maximum atomic E-state index is 13.5. The monoisotopic (exact) mass is 600 g/mol. The molecule has 0 aromatic heterocycles. The van der Waals surface area contributed by atoms with Crippen LogP contribution in [0.15, 0.2) is 36.4 Å². The molecule has 0 saturated carbocycles. The summed E-state index contributed by atoms with van der Waals surface area (Å²) in [6.45, 7) is 1.19. The van der Waals surface area contributed by atoms with E-state index in [2.05, 4.69) is 16.0 Å². The minimum atomic E-state index is -0.635. The fourth-order valence-electron chi connectivity index (χ4n) is 4.82. The van der Waals surface area contributed by atoms with Crippen molar-refractivity contribution in [1.82, 2.24) is 15.1 Å². The molecule has 2 aromatic carbocycles. The van der Waals surface area contributed by atoms with Crippen LogP contribution in [0.3, 0.4) is 0 Å². The number of hydrogen-bond acceptors (Lipinski definition) is 4. The lowest BCUT2D eigenvalue weighted by Crippen LogP contribution is -2.62. The molecule has 2 fully saturated rings. The number of carbonyl (C=O) groups excluding carboxylic acids is 3. The average Bonchev–Trinajstić information content (AvgIpc) is 3.27. The van der Waals surface area contributed by atoms with Crippen molar-refractivity contribution in [2.24, 2.45) is 5.73 Å². The summed E-state index contributed by atoms with van der Waals surface area (Å²) in [4.78, 5) is 42.8. The van der Waals surface area contributed by atoms with E-state index in [-0.39, 0.29) is 18.0 Å². The highest BCUT2D eigenvalue weighted by molar-refractivity contribution is 6.42. The molecular weight excluding hydrogens is 574 g/mol. The molecule has 0 aliphatic carbocycles. The van der Waals surface area contributed by atoms with Gasteiger partial charge >= 0.3 is 12.1 Å². The molecule has 9 nitrogen and oxygen atoms in total. The lowest BCUT2D eigenvalue weighted by Gasteiger charge is -2.42. The lowest BCUT2D eigenvalue weighted by molar-refractivity contribution is -0.141. The number of benzene rings is 2. The summed E-state index contributed by atoms with van der Waals surface area (Å²) in [5.74, 6) is -0.142. The predicted molar refractivity (Wildman–Crippen MR) is 151 cm³/mol. The first-order valence-electron chi connectivity index (χ1n) is 12.2. The normalized spacial score (nSPS) is 20.8. The second kappa shape index (κ2) is 12.6.